The van der Waals surface area contributed by atoms with E-state index in [-0.39, 0.29) is 61.1 Å². The van der Waals surface area contributed by atoms with Crippen molar-refractivity contribution in [3.63, 3.8) is 0 Å². The van der Waals surface area contributed by atoms with Gasteiger partial charge in [0.2, 0.25) is 11.8 Å². The summed E-state index contributed by atoms with van der Waals surface area (Å²) in [6, 6.07) is 0. The number of carbonyl (C=O) groups is 2. The van der Waals surface area contributed by atoms with Gasteiger partial charge in [0.1, 0.15) is 0 Å². The molecule has 0 aliphatic rings. The first-order valence-electron chi connectivity index (χ1n) is 29.4. The molecule has 0 unspecified atom stereocenters. The number of allylic oxidation sites excluding steroid dienone is 2. The zero-order valence-electron chi connectivity index (χ0n) is 46.9. The molecule has 0 aliphatic heterocycles. The molecule has 0 aromatic carbocycles. The van der Waals surface area contributed by atoms with E-state index in [1.54, 1.807) is 36.0 Å². The minimum atomic E-state index is -4.15. The van der Waals surface area contributed by atoms with Crippen LogP contribution in [0.4, 0.5) is 0 Å². The van der Waals surface area contributed by atoms with Gasteiger partial charge >= 0.3 is 37.7 Å². The average molecular weight is 1070 g/mol. The fraction of sp³-hybridized carbons (Fsp3) is 0.897. The Balaban J connectivity index is -0.00000128. The maximum Gasteiger partial charge on any atom is 2.00 e. The van der Waals surface area contributed by atoms with Gasteiger partial charge in [-0.15, -0.1) is 0 Å². The van der Waals surface area contributed by atoms with Crippen LogP contribution in [0.1, 0.15) is 296 Å². The first-order valence-corrected chi connectivity index (χ1v) is 32.6. The van der Waals surface area contributed by atoms with Crippen molar-refractivity contribution in [3.8, 4) is 0 Å². The molecule has 0 fully saturated rings. The molecule has 0 radical (unpaired) electrons. The van der Waals surface area contributed by atoms with Crippen molar-refractivity contribution in [1.29, 1.82) is 0 Å². The molecule has 71 heavy (non-hydrogen) atoms. The van der Waals surface area contributed by atoms with Crippen LogP contribution in [0.5, 0.6) is 0 Å². The summed E-state index contributed by atoms with van der Waals surface area (Å²) in [4.78, 5) is 27.1. The molecule has 0 spiro atoms. The zero-order valence-corrected chi connectivity index (χ0v) is 50.8. The van der Waals surface area contributed by atoms with Crippen LogP contribution in [0.2, 0.25) is 0 Å². The van der Waals surface area contributed by atoms with Crippen molar-refractivity contribution in [2.24, 2.45) is 0 Å². The number of carbonyl (C=O) groups excluding carboxylic acids is 2. The molecule has 2 amide bonds. The molecule has 0 atom stereocenters. The zero-order chi connectivity index (χ0) is 52.1. The van der Waals surface area contributed by atoms with Gasteiger partial charge in [-0.05, 0) is 63.5 Å². The molecule has 416 valence electrons. The maximum atomic E-state index is 12.0. The number of hydrogen-bond acceptors (Lipinski definition) is 8. The van der Waals surface area contributed by atoms with E-state index in [9.17, 15) is 35.5 Å². The fourth-order valence-corrected chi connectivity index (χ4v) is 9.90. The van der Waals surface area contributed by atoms with Gasteiger partial charge in [0.25, 0.3) is 0 Å². The summed E-state index contributed by atoms with van der Waals surface area (Å²) < 4.78 is 63.4. The summed E-state index contributed by atoms with van der Waals surface area (Å²) >= 11 is 0. The van der Waals surface area contributed by atoms with E-state index in [2.05, 4.69) is 13.8 Å². The van der Waals surface area contributed by atoms with Crippen LogP contribution in [0.15, 0.2) is 24.3 Å². The van der Waals surface area contributed by atoms with Crippen molar-refractivity contribution in [2.45, 2.75) is 296 Å². The number of unbranched alkanes of at least 4 members (excludes halogenated alkanes) is 40. The SMILES string of the molecule is CCCCCCCCCCCCCCCCCCCCC/C=C/C(=O)N(C)CCCCS(=O)(=O)[O-].CCCCCCCCCCCCCCCCCCCCC/C=C/C(=O)N(C)CCCCS(=O)(=O)[O-].[Ca+2]. The molecule has 0 aromatic rings. The number of hydrogen-bond donors (Lipinski definition) is 0. The number of likely N-dealkylation sites (N-methyl/N-ethyl adjacent to an activating group) is 2. The molecule has 0 bridgehead atoms. The summed E-state index contributed by atoms with van der Waals surface area (Å²) in [6.45, 7) is 5.50. The molecule has 0 aliphatic carbocycles. The van der Waals surface area contributed by atoms with Crippen LogP contribution in [-0.4, -0.2) is 124 Å². The number of nitrogens with zero attached hydrogens (tertiary/aromatic N) is 2. The minimum absolute atomic E-state index is 0. The molecule has 0 N–H and O–H groups in total. The smallest absolute Gasteiger partial charge is 0.748 e. The van der Waals surface area contributed by atoms with E-state index in [0.29, 0.717) is 38.8 Å². The second-order valence-corrected chi connectivity index (χ2v) is 23.6. The van der Waals surface area contributed by atoms with Crippen molar-refractivity contribution < 1.29 is 35.5 Å². The fourth-order valence-electron chi connectivity index (χ4n) is 8.78. The van der Waals surface area contributed by atoms with E-state index < -0.39 is 20.2 Å². The predicted octanol–water partition coefficient (Wildman–Crippen LogP) is 15.9. The topological polar surface area (TPSA) is 155 Å². The molecule has 0 saturated heterocycles. The Labute approximate surface area is 470 Å². The third-order valence-corrected chi connectivity index (χ3v) is 15.1. The van der Waals surface area contributed by atoms with E-state index in [1.165, 1.54) is 231 Å². The van der Waals surface area contributed by atoms with Gasteiger partial charge in [0, 0.05) is 38.7 Å². The first-order chi connectivity index (χ1) is 33.7. The summed E-state index contributed by atoms with van der Waals surface area (Å²) in [5.41, 5.74) is 0. The van der Waals surface area contributed by atoms with E-state index >= 15 is 0 Å². The van der Waals surface area contributed by atoms with Gasteiger partial charge in [-0.25, -0.2) is 16.8 Å². The molecule has 0 heterocycles. The van der Waals surface area contributed by atoms with Crippen molar-refractivity contribution in [2.75, 3.05) is 38.7 Å². The molecule has 0 saturated carbocycles. The van der Waals surface area contributed by atoms with E-state index in [4.69, 9.17) is 0 Å². The standard InChI is InChI=1S/2C29H57NO4S.Ca/c2*1-3-4-5-6-7-8-9-10-11-12-13-14-15-16-17-18-19-20-21-22-23-26-29(31)30(2)27-24-25-28-35(32,33)34;/h2*23,26H,3-22,24-25,27-28H2,1-2H3,(H,32,33,34);/q;;+2/p-2/b2*26-23+;. The molecule has 13 heteroatoms. The van der Waals surface area contributed by atoms with Crippen LogP contribution in [0, 0.1) is 0 Å². The Bertz CT molecular complexity index is 1320. The van der Waals surface area contributed by atoms with Crippen molar-refractivity contribution in [1.82, 2.24) is 9.80 Å². The van der Waals surface area contributed by atoms with Gasteiger partial charge < -0.3 is 18.9 Å². The molecular formula is C58H112CaN2O8S2. The number of rotatable bonds is 52. The summed E-state index contributed by atoms with van der Waals surface area (Å²) in [5, 5.41) is 0. The molecule has 10 nitrogen and oxygen atoms in total. The molecule has 0 rings (SSSR count). The Morgan fingerprint density at radius 3 is 0.732 bits per heavy atom. The second kappa shape index (κ2) is 57.2. The van der Waals surface area contributed by atoms with Crippen molar-refractivity contribution >= 4 is 69.8 Å². The maximum absolute atomic E-state index is 12.0. The largest absolute Gasteiger partial charge is 2.00 e. The summed E-state index contributed by atoms with van der Waals surface area (Å²) in [6.07, 6.45) is 62.8. The van der Waals surface area contributed by atoms with Gasteiger partial charge in [0.05, 0.1) is 20.2 Å². The van der Waals surface area contributed by atoms with E-state index in [0.717, 1.165) is 25.7 Å². The van der Waals surface area contributed by atoms with E-state index in [1.807, 2.05) is 12.2 Å². The van der Waals surface area contributed by atoms with Crippen LogP contribution in [0.3, 0.4) is 0 Å². The van der Waals surface area contributed by atoms with Crippen LogP contribution in [-0.2, 0) is 29.8 Å². The van der Waals surface area contributed by atoms with Crippen LogP contribution >= 0.6 is 0 Å². The van der Waals surface area contributed by atoms with Crippen LogP contribution < -0.4 is 0 Å². The Morgan fingerprint density at radius 2 is 0.535 bits per heavy atom. The van der Waals surface area contributed by atoms with Crippen molar-refractivity contribution in [3.05, 3.63) is 24.3 Å². The van der Waals surface area contributed by atoms with Crippen LogP contribution in [0.25, 0.3) is 0 Å². The monoisotopic (exact) mass is 1070 g/mol. The molecular weight excluding hydrogens is 957 g/mol. The third-order valence-electron chi connectivity index (χ3n) is 13.5. The number of amides is 2. The normalized spacial score (nSPS) is 11.8. The predicted molar refractivity (Wildman–Crippen MR) is 303 cm³/mol. The van der Waals surface area contributed by atoms with Gasteiger partial charge in [-0.3, -0.25) is 9.59 Å². The minimum Gasteiger partial charge on any atom is -0.748 e. The van der Waals surface area contributed by atoms with Gasteiger partial charge in [-0.2, -0.15) is 0 Å². The van der Waals surface area contributed by atoms with Gasteiger partial charge in [0.15, 0.2) is 0 Å². The Hall–Kier alpha value is -0.500. The Morgan fingerprint density at radius 1 is 0.338 bits per heavy atom. The molecule has 0 aromatic heterocycles. The van der Waals surface area contributed by atoms with Gasteiger partial charge in [-0.1, -0.05) is 257 Å². The summed E-state index contributed by atoms with van der Waals surface area (Å²) in [5.74, 6) is -0.838. The summed E-state index contributed by atoms with van der Waals surface area (Å²) in [7, 11) is -4.90. The quantitative estimate of drug-likeness (QED) is 0.0252. The second-order valence-electron chi connectivity index (χ2n) is 20.6. The third kappa shape index (κ3) is 65.6. The first kappa shape index (κ1) is 74.7. The Kier molecular flexibility index (Phi) is 60.2. The average Bonchev–Trinajstić information content (AvgIpc) is 3.32.